The van der Waals surface area contributed by atoms with Gasteiger partial charge in [0.05, 0.1) is 17.0 Å². The average Bonchev–Trinajstić information content (AvgIpc) is 3.35. The van der Waals surface area contributed by atoms with E-state index < -0.39 is 5.97 Å². The van der Waals surface area contributed by atoms with Crippen LogP contribution in [0.5, 0.6) is 0 Å². The quantitative estimate of drug-likeness (QED) is 0.606. The lowest BCUT2D eigenvalue weighted by atomic mass is 10.1. The lowest BCUT2D eigenvalue weighted by Gasteiger charge is -2.08. The van der Waals surface area contributed by atoms with Crippen LogP contribution in [0.4, 0.5) is 5.69 Å². The van der Waals surface area contributed by atoms with E-state index in [-0.39, 0.29) is 12.3 Å². The van der Waals surface area contributed by atoms with Crippen molar-refractivity contribution in [3.63, 3.8) is 0 Å². The molecule has 4 rings (SSSR count). The molecule has 0 bridgehead atoms. The first kappa shape index (κ1) is 19.7. The molecule has 7 heteroatoms. The molecule has 30 heavy (non-hydrogen) atoms. The number of nitrogens with one attached hydrogen (secondary N) is 1. The number of hydrogen-bond donors (Lipinski definition) is 2. The van der Waals surface area contributed by atoms with Crippen LogP contribution in [0.2, 0.25) is 0 Å². The van der Waals surface area contributed by atoms with E-state index in [4.69, 9.17) is 5.11 Å². The zero-order chi connectivity index (χ0) is 21.1. The lowest BCUT2D eigenvalue weighted by Crippen LogP contribution is -2.19. The minimum Gasteiger partial charge on any atom is -0.481 e. The van der Waals surface area contributed by atoms with Crippen LogP contribution in [-0.2, 0) is 16.0 Å². The summed E-state index contributed by atoms with van der Waals surface area (Å²) < 4.78 is 2.04. The highest BCUT2D eigenvalue weighted by molar-refractivity contribution is 8.18. The van der Waals surface area contributed by atoms with Crippen molar-refractivity contribution < 1.29 is 14.7 Å². The van der Waals surface area contributed by atoms with E-state index in [1.54, 1.807) is 24.3 Å². The smallest absolute Gasteiger partial charge is 0.307 e. The predicted molar refractivity (Wildman–Crippen MR) is 119 cm³/mol. The zero-order valence-electron chi connectivity index (χ0n) is 16.2. The third kappa shape index (κ3) is 4.52. The van der Waals surface area contributed by atoms with E-state index in [1.165, 1.54) is 11.8 Å². The predicted octanol–water partition coefficient (Wildman–Crippen LogP) is 4.30. The van der Waals surface area contributed by atoms with Crippen LogP contribution in [0.1, 0.15) is 16.7 Å². The molecule has 3 aromatic rings. The van der Waals surface area contributed by atoms with Crippen molar-refractivity contribution in [2.75, 3.05) is 0 Å². The summed E-state index contributed by atoms with van der Waals surface area (Å²) in [6.45, 7) is 2.05. The van der Waals surface area contributed by atoms with Crippen LogP contribution in [0.15, 0.2) is 76.9 Å². The number of aryl methyl sites for hydroxylation is 1. The molecule has 2 heterocycles. The molecular weight excluding hydrogens is 398 g/mol. The normalized spacial score (nSPS) is 16.2. The SMILES string of the molecule is Cc1ccc(C=C2SC(=Nc3ccc(CC(=O)O)cc3)NC2=O)cc1-n1cccc1. The molecule has 1 fully saturated rings. The Bertz CT molecular complexity index is 1160. The summed E-state index contributed by atoms with van der Waals surface area (Å²) in [6, 6.07) is 16.9. The fraction of sp³-hybridized carbons (Fsp3) is 0.0870. The number of carboxylic acids is 1. The van der Waals surface area contributed by atoms with E-state index in [2.05, 4.69) is 17.2 Å². The molecule has 150 valence electrons. The molecule has 2 aromatic carbocycles. The maximum atomic E-state index is 12.4. The van der Waals surface area contributed by atoms with Gasteiger partial charge >= 0.3 is 5.97 Å². The first-order valence-electron chi connectivity index (χ1n) is 9.32. The number of hydrogen-bond acceptors (Lipinski definition) is 4. The van der Waals surface area contributed by atoms with Crippen molar-refractivity contribution in [1.82, 2.24) is 9.88 Å². The van der Waals surface area contributed by atoms with Crippen molar-refractivity contribution in [1.29, 1.82) is 0 Å². The largest absolute Gasteiger partial charge is 0.481 e. The first-order valence-corrected chi connectivity index (χ1v) is 10.1. The maximum absolute atomic E-state index is 12.4. The van der Waals surface area contributed by atoms with Crippen LogP contribution in [-0.4, -0.2) is 26.7 Å². The highest BCUT2D eigenvalue weighted by Crippen LogP contribution is 2.29. The Labute approximate surface area is 178 Å². The number of thioether (sulfide) groups is 1. The van der Waals surface area contributed by atoms with Gasteiger partial charge in [0.2, 0.25) is 0 Å². The number of carboxylic acid groups (broad SMARTS) is 1. The van der Waals surface area contributed by atoms with Crippen LogP contribution in [0, 0.1) is 6.92 Å². The Morgan fingerprint density at radius 3 is 2.60 bits per heavy atom. The molecule has 0 spiro atoms. The Morgan fingerprint density at radius 1 is 1.17 bits per heavy atom. The summed E-state index contributed by atoms with van der Waals surface area (Å²) in [4.78, 5) is 28.2. The van der Waals surface area contributed by atoms with Gasteiger partial charge in [0.25, 0.3) is 5.91 Å². The zero-order valence-corrected chi connectivity index (χ0v) is 17.0. The number of amides is 1. The first-order chi connectivity index (χ1) is 14.5. The van der Waals surface area contributed by atoms with Gasteiger partial charge in [-0.3, -0.25) is 9.59 Å². The molecule has 0 unspecified atom stereocenters. The molecule has 0 aliphatic carbocycles. The van der Waals surface area contributed by atoms with Crippen LogP contribution in [0.3, 0.4) is 0 Å². The molecular formula is C23H19N3O3S. The number of aliphatic imine (C=N–C) groups is 1. The summed E-state index contributed by atoms with van der Waals surface area (Å²) in [5.41, 5.74) is 4.49. The Morgan fingerprint density at radius 2 is 1.90 bits per heavy atom. The molecule has 0 radical (unpaired) electrons. The van der Waals surface area contributed by atoms with Gasteiger partial charge < -0.3 is 15.0 Å². The number of carbonyl (C=O) groups is 2. The number of benzene rings is 2. The Balaban J connectivity index is 1.54. The lowest BCUT2D eigenvalue weighted by molar-refractivity contribution is -0.136. The van der Waals surface area contributed by atoms with Crippen LogP contribution >= 0.6 is 11.8 Å². The number of nitrogens with zero attached hydrogens (tertiary/aromatic N) is 2. The molecule has 1 aromatic heterocycles. The summed E-state index contributed by atoms with van der Waals surface area (Å²) in [7, 11) is 0. The summed E-state index contributed by atoms with van der Waals surface area (Å²) in [5.74, 6) is -1.07. The van der Waals surface area contributed by atoms with Gasteiger partial charge in [0.15, 0.2) is 5.17 Å². The van der Waals surface area contributed by atoms with Crippen molar-refractivity contribution in [2.24, 2.45) is 4.99 Å². The highest BCUT2D eigenvalue weighted by atomic mass is 32.2. The molecule has 2 N–H and O–H groups in total. The standard InChI is InChI=1S/C23H19N3O3S/c1-15-4-5-17(12-19(15)26-10-2-3-11-26)13-20-22(29)25-23(30-20)24-18-8-6-16(7-9-18)14-21(27)28/h2-13H,14H2,1H3,(H,27,28)(H,24,25,29). The minimum absolute atomic E-state index is 0.0310. The van der Waals surface area contributed by atoms with E-state index in [0.29, 0.717) is 21.3 Å². The summed E-state index contributed by atoms with van der Waals surface area (Å²) in [5, 5.41) is 12.1. The van der Waals surface area contributed by atoms with Gasteiger partial charge in [-0.1, -0.05) is 24.3 Å². The fourth-order valence-electron chi connectivity index (χ4n) is 3.10. The number of carbonyl (C=O) groups excluding carboxylic acids is 1. The number of aromatic nitrogens is 1. The van der Waals surface area contributed by atoms with E-state index in [1.807, 2.05) is 53.4 Å². The Hall–Kier alpha value is -3.58. The fourth-order valence-corrected chi connectivity index (χ4v) is 3.94. The molecule has 0 saturated carbocycles. The van der Waals surface area contributed by atoms with Gasteiger partial charge in [0.1, 0.15) is 0 Å². The summed E-state index contributed by atoms with van der Waals surface area (Å²) in [6.07, 6.45) is 5.80. The third-order valence-electron chi connectivity index (χ3n) is 4.59. The number of amidine groups is 1. The second-order valence-electron chi connectivity index (χ2n) is 6.85. The third-order valence-corrected chi connectivity index (χ3v) is 5.50. The van der Waals surface area contributed by atoms with Crippen LogP contribution in [0.25, 0.3) is 11.8 Å². The van der Waals surface area contributed by atoms with Gasteiger partial charge in [-0.15, -0.1) is 0 Å². The monoisotopic (exact) mass is 417 g/mol. The molecule has 1 saturated heterocycles. The van der Waals surface area contributed by atoms with Gasteiger partial charge in [-0.25, -0.2) is 4.99 Å². The number of rotatable bonds is 5. The second-order valence-corrected chi connectivity index (χ2v) is 7.89. The maximum Gasteiger partial charge on any atom is 0.307 e. The van der Waals surface area contributed by atoms with E-state index in [9.17, 15) is 9.59 Å². The van der Waals surface area contributed by atoms with E-state index >= 15 is 0 Å². The van der Waals surface area contributed by atoms with Gasteiger partial charge in [-0.05, 0) is 71.8 Å². The summed E-state index contributed by atoms with van der Waals surface area (Å²) >= 11 is 1.28. The van der Waals surface area contributed by atoms with Gasteiger partial charge in [-0.2, -0.15) is 0 Å². The molecule has 1 aliphatic rings. The second kappa shape index (κ2) is 8.42. The van der Waals surface area contributed by atoms with Crippen molar-refractivity contribution in [2.45, 2.75) is 13.3 Å². The van der Waals surface area contributed by atoms with E-state index in [0.717, 1.165) is 16.8 Å². The number of aliphatic carboxylic acids is 1. The average molecular weight is 417 g/mol. The molecule has 1 aliphatic heterocycles. The van der Waals surface area contributed by atoms with Crippen molar-refractivity contribution in [3.8, 4) is 5.69 Å². The molecule has 1 amide bonds. The highest BCUT2D eigenvalue weighted by Gasteiger charge is 2.23. The van der Waals surface area contributed by atoms with Crippen LogP contribution < -0.4 is 5.32 Å². The van der Waals surface area contributed by atoms with Crippen molar-refractivity contribution in [3.05, 3.63) is 88.6 Å². The molecule has 0 atom stereocenters. The van der Waals surface area contributed by atoms with Gasteiger partial charge in [0, 0.05) is 18.1 Å². The topological polar surface area (TPSA) is 83.7 Å². The minimum atomic E-state index is -0.876. The Kier molecular flexibility index (Phi) is 5.54. The van der Waals surface area contributed by atoms with Crippen molar-refractivity contribution >= 4 is 40.6 Å². The molecule has 6 nitrogen and oxygen atoms in total.